The van der Waals surface area contributed by atoms with Crippen LogP contribution < -0.4 is 5.32 Å². The average molecular weight is 521 g/mol. The Morgan fingerprint density at radius 1 is 1.12 bits per heavy atom. The summed E-state index contributed by atoms with van der Waals surface area (Å²) >= 11 is 3.32. The highest BCUT2D eigenvalue weighted by atomic mass is 79.9. The van der Waals surface area contributed by atoms with Crippen molar-refractivity contribution in [2.45, 2.75) is 13.0 Å². The molecular formula is C24H21BrN6O3. The molecule has 3 aromatic rings. The monoisotopic (exact) mass is 520 g/mol. The minimum Gasteiger partial charge on any atom is -0.378 e. The van der Waals surface area contributed by atoms with Crippen LogP contribution in [0.2, 0.25) is 0 Å². The Bertz CT molecular complexity index is 1250. The average Bonchev–Trinajstić information content (AvgIpc) is 2.88. The second kappa shape index (κ2) is 10.5. The van der Waals surface area contributed by atoms with E-state index in [9.17, 15) is 9.59 Å². The summed E-state index contributed by atoms with van der Waals surface area (Å²) in [5.74, 6) is -0.436. The fraction of sp³-hybridized carbons (Fsp3) is 0.250. The maximum atomic E-state index is 12.8. The summed E-state index contributed by atoms with van der Waals surface area (Å²) in [7, 11) is 0. The van der Waals surface area contributed by atoms with Gasteiger partial charge in [-0.2, -0.15) is 5.26 Å². The lowest BCUT2D eigenvalue weighted by Gasteiger charge is -2.26. The van der Waals surface area contributed by atoms with Gasteiger partial charge in [0, 0.05) is 41.7 Å². The maximum absolute atomic E-state index is 12.8. The van der Waals surface area contributed by atoms with Crippen LogP contribution in [0.4, 0.5) is 0 Å². The highest BCUT2D eigenvalue weighted by Gasteiger charge is 2.21. The molecule has 10 heteroatoms. The number of nitrogens with zero attached hydrogens (tertiary/aromatic N) is 5. The van der Waals surface area contributed by atoms with Gasteiger partial charge in [-0.15, -0.1) is 0 Å². The van der Waals surface area contributed by atoms with Crippen molar-refractivity contribution < 1.29 is 14.3 Å². The molecule has 0 spiro atoms. The first kappa shape index (κ1) is 23.5. The molecule has 1 unspecified atom stereocenters. The van der Waals surface area contributed by atoms with Gasteiger partial charge in [0.2, 0.25) is 0 Å². The molecule has 0 bridgehead atoms. The molecule has 0 saturated carbocycles. The topological polar surface area (TPSA) is 121 Å². The lowest BCUT2D eigenvalue weighted by atomic mass is 10.1. The van der Waals surface area contributed by atoms with Gasteiger partial charge in [0.05, 0.1) is 47.8 Å². The van der Waals surface area contributed by atoms with Gasteiger partial charge in [-0.1, -0.05) is 15.9 Å². The summed E-state index contributed by atoms with van der Waals surface area (Å²) in [6.07, 6.45) is 4.62. The number of rotatable bonds is 5. The fourth-order valence-electron chi connectivity index (χ4n) is 3.61. The van der Waals surface area contributed by atoms with Gasteiger partial charge in [0.15, 0.2) is 0 Å². The van der Waals surface area contributed by atoms with Crippen LogP contribution >= 0.6 is 15.9 Å². The molecule has 1 atom stereocenters. The molecule has 1 N–H and O–H groups in total. The summed E-state index contributed by atoms with van der Waals surface area (Å²) in [4.78, 5) is 40.5. The van der Waals surface area contributed by atoms with E-state index in [1.807, 2.05) is 6.07 Å². The van der Waals surface area contributed by atoms with Gasteiger partial charge in [-0.3, -0.25) is 24.5 Å². The van der Waals surface area contributed by atoms with Gasteiger partial charge >= 0.3 is 0 Å². The van der Waals surface area contributed by atoms with Crippen molar-refractivity contribution >= 4 is 27.7 Å². The smallest absolute Gasteiger partial charge is 0.255 e. The Hall–Kier alpha value is -3.68. The summed E-state index contributed by atoms with van der Waals surface area (Å²) in [5, 5.41) is 12.1. The molecule has 9 nitrogen and oxygen atoms in total. The number of halogens is 1. The molecule has 1 aliphatic heterocycles. The van der Waals surface area contributed by atoms with Crippen LogP contribution in [0, 0.1) is 11.3 Å². The number of ether oxygens (including phenoxy) is 1. The first-order valence-corrected chi connectivity index (χ1v) is 11.4. The maximum Gasteiger partial charge on any atom is 0.255 e. The number of aromatic nitrogens is 3. The van der Waals surface area contributed by atoms with E-state index >= 15 is 0 Å². The minimum absolute atomic E-state index is 0.0897. The van der Waals surface area contributed by atoms with Gasteiger partial charge < -0.3 is 15.0 Å². The number of benzene rings is 1. The molecular weight excluding hydrogens is 500 g/mol. The molecule has 1 fully saturated rings. The third-order valence-corrected chi connectivity index (χ3v) is 5.78. The fourth-order valence-corrected chi connectivity index (χ4v) is 4.10. The Balaban J connectivity index is 1.53. The summed E-state index contributed by atoms with van der Waals surface area (Å²) in [6.45, 7) is 3.97. The van der Waals surface area contributed by atoms with Gasteiger partial charge in [0.25, 0.3) is 11.8 Å². The molecule has 3 heterocycles. The van der Waals surface area contributed by atoms with E-state index in [1.54, 1.807) is 48.5 Å². The summed E-state index contributed by atoms with van der Waals surface area (Å²) < 4.78 is 5.94. The number of carbonyl (C=O) groups excluding carboxylic acids is 2. The van der Waals surface area contributed by atoms with Crippen molar-refractivity contribution in [1.82, 2.24) is 25.2 Å². The van der Waals surface area contributed by atoms with Crippen LogP contribution in [0.25, 0.3) is 11.4 Å². The van der Waals surface area contributed by atoms with Crippen LogP contribution in [-0.4, -0.2) is 58.0 Å². The Kier molecular flexibility index (Phi) is 7.25. The van der Waals surface area contributed by atoms with E-state index in [1.165, 1.54) is 12.3 Å². The molecule has 1 aromatic carbocycles. The number of nitriles is 1. The number of nitrogens with one attached hydrogen (secondary N) is 1. The van der Waals surface area contributed by atoms with Gasteiger partial charge in [-0.05, 0) is 37.3 Å². The molecule has 0 aliphatic carbocycles. The van der Waals surface area contributed by atoms with Crippen LogP contribution in [0.15, 0.2) is 53.4 Å². The van der Waals surface area contributed by atoms with Crippen molar-refractivity contribution in [3.63, 3.8) is 0 Å². The minimum atomic E-state index is -0.489. The number of hydrogen-bond acceptors (Lipinski definition) is 7. The molecule has 1 saturated heterocycles. The zero-order valence-electron chi connectivity index (χ0n) is 18.4. The van der Waals surface area contributed by atoms with Crippen LogP contribution in [0.3, 0.4) is 0 Å². The van der Waals surface area contributed by atoms with E-state index in [0.29, 0.717) is 64.5 Å². The molecule has 172 valence electrons. The predicted molar refractivity (Wildman–Crippen MR) is 127 cm³/mol. The zero-order valence-corrected chi connectivity index (χ0v) is 19.9. The summed E-state index contributed by atoms with van der Waals surface area (Å²) in [6, 6.07) is 9.80. The van der Waals surface area contributed by atoms with Gasteiger partial charge in [0.1, 0.15) is 5.69 Å². The number of carbonyl (C=O) groups is 2. The number of hydrogen-bond donors (Lipinski definition) is 1. The molecule has 4 rings (SSSR count). The van der Waals surface area contributed by atoms with Crippen molar-refractivity contribution in [3.8, 4) is 17.5 Å². The van der Waals surface area contributed by atoms with E-state index in [2.05, 4.69) is 36.2 Å². The first-order valence-electron chi connectivity index (χ1n) is 10.6. The number of pyridine rings is 1. The molecule has 2 amide bonds. The van der Waals surface area contributed by atoms with Crippen LogP contribution in [0.1, 0.15) is 44.9 Å². The Morgan fingerprint density at radius 2 is 1.88 bits per heavy atom. The lowest BCUT2D eigenvalue weighted by Crippen LogP contribution is -2.40. The number of amides is 2. The largest absolute Gasteiger partial charge is 0.378 e. The normalized spacial score (nSPS) is 14.2. The second-order valence-electron chi connectivity index (χ2n) is 7.66. The van der Waals surface area contributed by atoms with Crippen LogP contribution in [-0.2, 0) is 4.74 Å². The van der Waals surface area contributed by atoms with Crippen molar-refractivity contribution in [2.24, 2.45) is 0 Å². The summed E-state index contributed by atoms with van der Waals surface area (Å²) in [5.41, 5.74) is 2.80. The van der Waals surface area contributed by atoms with Crippen LogP contribution in [0.5, 0.6) is 0 Å². The Labute approximate surface area is 204 Å². The zero-order chi connectivity index (χ0) is 24.1. The SMILES string of the molecule is CC(NC(=O)c1cc(Br)cc(C#N)c1)c1nccnc1-c1ccc(C(=O)N2CCOCC2)cn1. The van der Waals surface area contributed by atoms with Gasteiger partial charge in [-0.25, -0.2) is 0 Å². The quantitative estimate of drug-likeness (QED) is 0.548. The predicted octanol–water partition coefficient (Wildman–Crippen LogP) is 3.14. The van der Waals surface area contributed by atoms with E-state index in [-0.39, 0.29) is 11.8 Å². The third-order valence-electron chi connectivity index (χ3n) is 5.32. The molecule has 2 aromatic heterocycles. The molecule has 1 aliphatic rings. The van der Waals surface area contributed by atoms with Crippen molar-refractivity contribution in [2.75, 3.05) is 26.3 Å². The molecule has 0 radical (unpaired) electrons. The van der Waals surface area contributed by atoms with E-state index in [0.717, 1.165) is 0 Å². The van der Waals surface area contributed by atoms with Crippen molar-refractivity contribution in [3.05, 3.63) is 75.8 Å². The van der Waals surface area contributed by atoms with Crippen molar-refractivity contribution in [1.29, 1.82) is 5.26 Å². The highest BCUT2D eigenvalue weighted by Crippen LogP contribution is 2.24. The van der Waals surface area contributed by atoms with E-state index < -0.39 is 6.04 Å². The third kappa shape index (κ3) is 5.27. The molecule has 34 heavy (non-hydrogen) atoms. The second-order valence-corrected chi connectivity index (χ2v) is 8.58. The Morgan fingerprint density at radius 3 is 2.59 bits per heavy atom. The number of morpholine rings is 1. The standard InChI is InChI=1S/C24H21BrN6O3/c1-15(30-23(32)18-10-16(13-26)11-19(25)12-18)21-22(28-5-4-27-21)20-3-2-17(14-29-20)24(33)31-6-8-34-9-7-31/h2-5,10-12,14-15H,6-9H2,1H3,(H,30,32). The highest BCUT2D eigenvalue weighted by molar-refractivity contribution is 9.10. The van der Waals surface area contributed by atoms with E-state index in [4.69, 9.17) is 10.00 Å². The first-order chi connectivity index (χ1) is 16.5. The lowest BCUT2D eigenvalue weighted by molar-refractivity contribution is 0.0302.